The van der Waals surface area contributed by atoms with Crippen molar-refractivity contribution in [1.82, 2.24) is 10.3 Å². The second kappa shape index (κ2) is 11.1. The van der Waals surface area contributed by atoms with Crippen molar-refractivity contribution < 1.29 is 27.4 Å². The van der Waals surface area contributed by atoms with Gasteiger partial charge in [0.1, 0.15) is 5.82 Å². The van der Waals surface area contributed by atoms with E-state index in [1.165, 1.54) is 6.07 Å². The van der Waals surface area contributed by atoms with E-state index in [1.54, 1.807) is 0 Å². The number of anilines is 1. The number of carbonyl (C=O) groups is 1. The highest BCUT2D eigenvalue weighted by molar-refractivity contribution is 5.76. The zero-order valence-corrected chi connectivity index (χ0v) is 18.0. The minimum atomic E-state index is -4.39. The van der Waals surface area contributed by atoms with Gasteiger partial charge < -0.3 is 19.7 Å². The number of pyridine rings is 1. The highest BCUT2D eigenvalue weighted by Gasteiger charge is 2.31. The summed E-state index contributed by atoms with van der Waals surface area (Å²) in [6.45, 7) is 4.12. The summed E-state index contributed by atoms with van der Waals surface area (Å²) in [4.78, 5) is 18.1. The Hall–Kier alpha value is -2.97. The van der Waals surface area contributed by atoms with Crippen LogP contribution in [-0.4, -0.2) is 43.2 Å². The minimum absolute atomic E-state index is 0.0298. The predicted octanol–water partition coefficient (Wildman–Crippen LogP) is 4.44. The first kappa shape index (κ1) is 23.7. The normalized spacial score (nSPS) is 14.8. The first-order valence-corrected chi connectivity index (χ1v) is 10.8. The highest BCUT2D eigenvalue weighted by Crippen LogP contribution is 2.30. The first-order valence-electron chi connectivity index (χ1n) is 10.8. The van der Waals surface area contributed by atoms with Crippen molar-refractivity contribution in [2.45, 2.75) is 44.8 Å². The van der Waals surface area contributed by atoms with Crippen LogP contribution in [0.5, 0.6) is 11.5 Å². The Kier molecular flexibility index (Phi) is 8.19. The lowest BCUT2D eigenvalue weighted by Crippen LogP contribution is -2.45. The molecule has 0 saturated carbocycles. The Morgan fingerprint density at radius 3 is 2.41 bits per heavy atom. The molecule has 1 amide bonds. The number of aromatic nitrogens is 1. The maximum atomic E-state index is 12.7. The second-order valence-corrected chi connectivity index (χ2v) is 7.56. The average molecular weight is 451 g/mol. The summed E-state index contributed by atoms with van der Waals surface area (Å²) >= 11 is 0. The summed E-state index contributed by atoms with van der Waals surface area (Å²) in [5.74, 6) is 1.85. The van der Waals surface area contributed by atoms with Crippen LogP contribution in [0.25, 0.3) is 0 Å². The molecule has 2 heterocycles. The molecule has 32 heavy (non-hydrogen) atoms. The predicted molar refractivity (Wildman–Crippen MR) is 115 cm³/mol. The standard InChI is InChI=1S/C23H28F3N3O3/c1-2-31-19-6-3-4-7-20(19)32-15-5-8-22(30)28-18-11-13-29(14-12-18)21-10-9-17(16-27-21)23(24,25)26/h3-4,6-7,9-10,16,18H,2,5,8,11-15H2,1H3,(H,28,30). The van der Waals surface area contributed by atoms with Crippen LogP contribution in [0.15, 0.2) is 42.6 Å². The maximum absolute atomic E-state index is 12.7. The van der Waals surface area contributed by atoms with Gasteiger partial charge in [-0.2, -0.15) is 13.2 Å². The number of nitrogens with one attached hydrogen (secondary N) is 1. The fraction of sp³-hybridized carbons (Fsp3) is 0.478. The van der Waals surface area contributed by atoms with Gasteiger partial charge in [-0.3, -0.25) is 4.79 Å². The second-order valence-electron chi connectivity index (χ2n) is 7.56. The number of piperidine rings is 1. The van der Waals surface area contributed by atoms with Gasteiger partial charge in [0.2, 0.25) is 5.91 Å². The summed E-state index contributed by atoms with van der Waals surface area (Å²) in [6, 6.07) is 9.92. The number of carbonyl (C=O) groups excluding carboxylic acids is 1. The van der Waals surface area contributed by atoms with Crippen LogP contribution < -0.4 is 19.7 Å². The van der Waals surface area contributed by atoms with Gasteiger partial charge in [0.25, 0.3) is 0 Å². The van der Waals surface area contributed by atoms with Crippen molar-refractivity contribution in [1.29, 1.82) is 0 Å². The monoisotopic (exact) mass is 451 g/mol. The van der Waals surface area contributed by atoms with E-state index < -0.39 is 11.7 Å². The van der Waals surface area contributed by atoms with Gasteiger partial charge in [0.15, 0.2) is 11.5 Å². The molecule has 174 valence electrons. The van der Waals surface area contributed by atoms with E-state index in [2.05, 4.69) is 10.3 Å². The Labute approximate surface area is 185 Å². The summed E-state index contributed by atoms with van der Waals surface area (Å²) in [5, 5.41) is 3.04. The average Bonchev–Trinajstić information content (AvgIpc) is 2.78. The summed E-state index contributed by atoms with van der Waals surface area (Å²) in [7, 11) is 0. The number of amides is 1. The van der Waals surface area contributed by atoms with Crippen molar-refractivity contribution in [3.05, 3.63) is 48.2 Å². The largest absolute Gasteiger partial charge is 0.490 e. The number of ether oxygens (including phenoxy) is 2. The van der Waals surface area contributed by atoms with Crippen LogP contribution >= 0.6 is 0 Å². The molecule has 1 aliphatic heterocycles. The van der Waals surface area contributed by atoms with E-state index in [1.807, 2.05) is 36.1 Å². The first-order chi connectivity index (χ1) is 15.4. The molecule has 0 radical (unpaired) electrons. The van der Waals surface area contributed by atoms with Crippen molar-refractivity contribution in [3.63, 3.8) is 0 Å². The molecule has 1 saturated heterocycles. The highest BCUT2D eigenvalue weighted by atomic mass is 19.4. The van der Waals surface area contributed by atoms with Crippen molar-refractivity contribution in [3.8, 4) is 11.5 Å². The molecule has 1 N–H and O–H groups in total. The number of para-hydroxylation sites is 2. The SMILES string of the molecule is CCOc1ccccc1OCCCC(=O)NC1CCN(c2ccc(C(F)(F)F)cn2)CC1. The van der Waals surface area contributed by atoms with Crippen molar-refractivity contribution in [2.24, 2.45) is 0 Å². The van der Waals surface area contributed by atoms with Gasteiger partial charge in [0.05, 0.1) is 18.8 Å². The van der Waals surface area contributed by atoms with Crippen LogP contribution in [0, 0.1) is 0 Å². The molecule has 1 aliphatic rings. The van der Waals surface area contributed by atoms with Gasteiger partial charge in [-0.25, -0.2) is 4.98 Å². The lowest BCUT2D eigenvalue weighted by molar-refractivity contribution is -0.137. The van der Waals surface area contributed by atoms with Gasteiger partial charge in [-0.1, -0.05) is 12.1 Å². The molecule has 0 spiro atoms. The van der Waals surface area contributed by atoms with E-state index in [-0.39, 0.29) is 11.9 Å². The molecular weight excluding hydrogens is 423 g/mol. The number of benzene rings is 1. The van der Waals surface area contributed by atoms with Crippen molar-refractivity contribution >= 4 is 11.7 Å². The van der Waals surface area contributed by atoms with E-state index in [9.17, 15) is 18.0 Å². The van der Waals surface area contributed by atoms with E-state index in [0.717, 1.165) is 12.3 Å². The third-order valence-electron chi connectivity index (χ3n) is 5.21. The Morgan fingerprint density at radius 1 is 1.12 bits per heavy atom. The molecule has 1 fully saturated rings. The maximum Gasteiger partial charge on any atom is 0.417 e. The number of hydrogen-bond acceptors (Lipinski definition) is 5. The van der Waals surface area contributed by atoms with Crippen molar-refractivity contribution in [2.75, 3.05) is 31.2 Å². The quantitative estimate of drug-likeness (QED) is 0.571. The molecular formula is C23H28F3N3O3. The molecule has 3 rings (SSSR count). The summed E-state index contributed by atoms with van der Waals surface area (Å²) < 4.78 is 49.3. The molecule has 0 unspecified atom stereocenters. The smallest absolute Gasteiger partial charge is 0.417 e. The van der Waals surface area contributed by atoms with Crippen LogP contribution in [0.2, 0.25) is 0 Å². The Morgan fingerprint density at radius 2 is 1.81 bits per heavy atom. The van der Waals surface area contributed by atoms with Gasteiger partial charge in [0, 0.05) is 31.7 Å². The van der Waals surface area contributed by atoms with Gasteiger partial charge in [-0.05, 0) is 50.5 Å². The number of nitrogens with zero attached hydrogens (tertiary/aromatic N) is 2. The van der Waals surface area contributed by atoms with E-state index in [0.29, 0.717) is 69.3 Å². The summed E-state index contributed by atoms with van der Waals surface area (Å²) in [6.07, 6.45) is -1.16. The Balaban J connectivity index is 1.36. The van der Waals surface area contributed by atoms with E-state index >= 15 is 0 Å². The zero-order chi connectivity index (χ0) is 23.0. The topological polar surface area (TPSA) is 63.7 Å². The van der Waals surface area contributed by atoms with E-state index in [4.69, 9.17) is 9.47 Å². The number of rotatable bonds is 9. The molecule has 6 nitrogen and oxygen atoms in total. The Bertz CT molecular complexity index is 867. The van der Waals surface area contributed by atoms with Gasteiger partial charge in [-0.15, -0.1) is 0 Å². The van der Waals surface area contributed by atoms with Crippen LogP contribution in [0.4, 0.5) is 19.0 Å². The fourth-order valence-electron chi connectivity index (χ4n) is 3.55. The molecule has 0 atom stereocenters. The third kappa shape index (κ3) is 6.77. The number of alkyl halides is 3. The minimum Gasteiger partial charge on any atom is -0.490 e. The summed E-state index contributed by atoms with van der Waals surface area (Å²) in [5.41, 5.74) is -0.756. The van der Waals surface area contributed by atoms with Crippen LogP contribution in [0.3, 0.4) is 0 Å². The molecule has 0 bridgehead atoms. The van der Waals surface area contributed by atoms with Gasteiger partial charge >= 0.3 is 6.18 Å². The molecule has 1 aromatic carbocycles. The number of hydrogen-bond donors (Lipinski definition) is 1. The van der Waals surface area contributed by atoms with Crippen LogP contribution in [0.1, 0.15) is 38.2 Å². The lowest BCUT2D eigenvalue weighted by atomic mass is 10.0. The zero-order valence-electron chi connectivity index (χ0n) is 18.0. The molecule has 1 aromatic heterocycles. The molecule has 2 aromatic rings. The molecule has 9 heteroatoms. The third-order valence-corrected chi connectivity index (χ3v) is 5.21. The molecule has 0 aliphatic carbocycles. The number of halogens is 3. The van der Waals surface area contributed by atoms with Crippen LogP contribution in [-0.2, 0) is 11.0 Å². The lowest BCUT2D eigenvalue weighted by Gasteiger charge is -2.33. The fourth-order valence-corrected chi connectivity index (χ4v) is 3.55.